The van der Waals surface area contributed by atoms with Gasteiger partial charge in [0.2, 0.25) is 0 Å². The first-order chi connectivity index (χ1) is 9.52. The molecule has 1 heterocycles. The van der Waals surface area contributed by atoms with Gasteiger partial charge in [-0.25, -0.2) is 0 Å². The summed E-state index contributed by atoms with van der Waals surface area (Å²) < 4.78 is 5.55. The zero-order valence-electron chi connectivity index (χ0n) is 11.1. The largest absolute Gasteiger partial charge is 0.469 e. The number of rotatable bonds is 2. The third kappa shape index (κ3) is 3.33. The molecule has 1 fully saturated rings. The second-order valence-electron chi connectivity index (χ2n) is 4.74. The predicted molar refractivity (Wildman–Crippen MR) is 79.8 cm³/mol. The van der Waals surface area contributed by atoms with Crippen LogP contribution in [0.3, 0.4) is 0 Å². The number of carbonyl (C=O) groups is 2. The molecule has 1 amide bonds. The standard InChI is InChI=1S/C14H15BrClNO3/c1-20-14(19)9-3-2-6-17(8-9)13(18)11-7-10(15)4-5-12(11)16/h4-5,7,9H,2-3,6,8H2,1H3/t9-/m0/s1. The SMILES string of the molecule is COC(=O)[C@H]1CCCN(C(=O)c2cc(Br)ccc2Cl)C1. The van der Waals surface area contributed by atoms with Crippen LogP contribution in [0.15, 0.2) is 22.7 Å². The second kappa shape index (κ2) is 6.59. The summed E-state index contributed by atoms with van der Waals surface area (Å²) in [6.45, 7) is 1.02. The van der Waals surface area contributed by atoms with Crippen molar-refractivity contribution in [3.8, 4) is 0 Å². The number of piperidine rings is 1. The summed E-state index contributed by atoms with van der Waals surface area (Å²) in [7, 11) is 1.37. The summed E-state index contributed by atoms with van der Waals surface area (Å²) in [5, 5.41) is 0.415. The predicted octanol–water partition coefficient (Wildman–Crippen LogP) is 3.13. The Balaban J connectivity index is 2.16. The van der Waals surface area contributed by atoms with E-state index in [2.05, 4.69) is 15.9 Å². The molecular weight excluding hydrogens is 346 g/mol. The maximum Gasteiger partial charge on any atom is 0.310 e. The lowest BCUT2D eigenvalue weighted by atomic mass is 9.97. The number of amides is 1. The van der Waals surface area contributed by atoms with Crippen molar-refractivity contribution in [2.75, 3.05) is 20.2 Å². The third-order valence-electron chi connectivity index (χ3n) is 3.40. The number of ether oxygens (including phenoxy) is 1. The van der Waals surface area contributed by atoms with E-state index in [0.717, 1.165) is 17.3 Å². The molecule has 108 valence electrons. The molecule has 0 radical (unpaired) electrons. The lowest BCUT2D eigenvalue weighted by Crippen LogP contribution is -2.42. The van der Waals surface area contributed by atoms with Crippen molar-refractivity contribution in [3.05, 3.63) is 33.3 Å². The van der Waals surface area contributed by atoms with Gasteiger partial charge in [-0.2, -0.15) is 0 Å². The van der Waals surface area contributed by atoms with Crippen LogP contribution in [-0.2, 0) is 9.53 Å². The van der Waals surface area contributed by atoms with Crippen LogP contribution >= 0.6 is 27.5 Å². The summed E-state index contributed by atoms with van der Waals surface area (Å²) in [5.41, 5.74) is 0.451. The first kappa shape index (κ1) is 15.3. The topological polar surface area (TPSA) is 46.6 Å². The fourth-order valence-corrected chi connectivity index (χ4v) is 2.91. The minimum atomic E-state index is -0.261. The lowest BCUT2D eigenvalue weighted by molar-refractivity contribution is -0.146. The number of hydrogen-bond donors (Lipinski definition) is 0. The maximum absolute atomic E-state index is 12.5. The smallest absolute Gasteiger partial charge is 0.310 e. The molecule has 0 bridgehead atoms. The van der Waals surface area contributed by atoms with Gasteiger partial charge in [-0.05, 0) is 31.0 Å². The lowest BCUT2D eigenvalue weighted by Gasteiger charge is -2.31. The van der Waals surface area contributed by atoms with Gasteiger partial charge in [-0.1, -0.05) is 27.5 Å². The molecule has 4 nitrogen and oxygen atoms in total. The highest BCUT2D eigenvalue weighted by Gasteiger charge is 2.30. The molecule has 1 aliphatic rings. The minimum Gasteiger partial charge on any atom is -0.469 e. The van der Waals surface area contributed by atoms with Crippen LogP contribution in [0.25, 0.3) is 0 Å². The van der Waals surface area contributed by atoms with E-state index in [-0.39, 0.29) is 17.8 Å². The number of halogens is 2. The average molecular weight is 361 g/mol. The van der Waals surface area contributed by atoms with Gasteiger partial charge in [0, 0.05) is 17.6 Å². The van der Waals surface area contributed by atoms with Gasteiger partial charge in [-0.15, -0.1) is 0 Å². The molecule has 1 aromatic rings. The highest BCUT2D eigenvalue weighted by molar-refractivity contribution is 9.10. The number of carbonyl (C=O) groups excluding carboxylic acids is 2. The van der Waals surface area contributed by atoms with Crippen molar-refractivity contribution in [1.82, 2.24) is 4.90 Å². The van der Waals surface area contributed by atoms with Crippen LogP contribution in [0.1, 0.15) is 23.2 Å². The first-order valence-electron chi connectivity index (χ1n) is 6.35. The molecule has 0 saturated carbocycles. The molecular formula is C14H15BrClNO3. The van der Waals surface area contributed by atoms with Crippen LogP contribution in [-0.4, -0.2) is 37.0 Å². The van der Waals surface area contributed by atoms with Gasteiger partial charge >= 0.3 is 5.97 Å². The second-order valence-corrected chi connectivity index (χ2v) is 6.06. The monoisotopic (exact) mass is 359 g/mol. The van der Waals surface area contributed by atoms with Crippen molar-refractivity contribution in [2.45, 2.75) is 12.8 Å². The fraction of sp³-hybridized carbons (Fsp3) is 0.429. The number of hydrogen-bond acceptors (Lipinski definition) is 3. The Labute approximate surface area is 131 Å². The number of methoxy groups -OCH3 is 1. The van der Waals surface area contributed by atoms with Gasteiger partial charge in [0.15, 0.2) is 0 Å². The summed E-state index contributed by atoms with van der Waals surface area (Å²) in [6, 6.07) is 5.17. The van der Waals surface area contributed by atoms with E-state index in [1.54, 1.807) is 23.1 Å². The Hall–Kier alpha value is -1.07. The Kier molecular flexibility index (Phi) is 5.05. The number of likely N-dealkylation sites (tertiary alicyclic amines) is 1. The van der Waals surface area contributed by atoms with Gasteiger partial charge in [0.1, 0.15) is 0 Å². The van der Waals surface area contributed by atoms with Crippen molar-refractivity contribution in [3.63, 3.8) is 0 Å². The van der Waals surface area contributed by atoms with E-state index < -0.39 is 0 Å². The molecule has 1 saturated heterocycles. The summed E-state index contributed by atoms with van der Waals surface area (Å²) in [4.78, 5) is 25.8. The number of nitrogens with zero attached hydrogens (tertiary/aromatic N) is 1. The number of esters is 1. The summed E-state index contributed by atoms with van der Waals surface area (Å²) >= 11 is 9.41. The van der Waals surface area contributed by atoms with Crippen molar-refractivity contribution >= 4 is 39.4 Å². The highest BCUT2D eigenvalue weighted by Crippen LogP contribution is 2.25. The molecule has 0 unspecified atom stereocenters. The van der Waals surface area contributed by atoms with Gasteiger partial charge in [-0.3, -0.25) is 9.59 Å². The van der Waals surface area contributed by atoms with E-state index in [1.807, 2.05) is 0 Å². The third-order valence-corrected chi connectivity index (χ3v) is 4.22. The summed E-state index contributed by atoms with van der Waals surface area (Å²) in [6.07, 6.45) is 1.54. The highest BCUT2D eigenvalue weighted by atomic mass is 79.9. The van der Waals surface area contributed by atoms with Gasteiger partial charge in [0.25, 0.3) is 5.91 Å². The molecule has 20 heavy (non-hydrogen) atoms. The van der Waals surface area contributed by atoms with Gasteiger partial charge < -0.3 is 9.64 Å². The van der Waals surface area contributed by atoms with Crippen LogP contribution in [0.4, 0.5) is 0 Å². The van der Waals surface area contributed by atoms with E-state index in [0.29, 0.717) is 23.7 Å². The van der Waals surface area contributed by atoms with Crippen LogP contribution in [0.5, 0.6) is 0 Å². The zero-order valence-corrected chi connectivity index (χ0v) is 13.4. The van der Waals surface area contributed by atoms with Crippen LogP contribution in [0, 0.1) is 5.92 Å². The molecule has 0 N–H and O–H groups in total. The van der Waals surface area contributed by atoms with Crippen LogP contribution < -0.4 is 0 Å². The fourth-order valence-electron chi connectivity index (χ4n) is 2.35. The van der Waals surface area contributed by atoms with E-state index >= 15 is 0 Å². The minimum absolute atomic E-state index is 0.148. The molecule has 0 aliphatic carbocycles. The van der Waals surface area contributed by atoms with Crippen molar-refractivity contribution in [2.24, 2.45) is 5.92 Å². The molecule has 1 atom stereocenters. The molecule has 2 rings (SSSR count). The molecule has 1 aliphatic heterocycles. The summed E-state index contributed by atoms with van der Waals surface area (Å²) in [5.74, 6) is -0.656. The van der Waals surface area contributed by atoms with Gasteiger partial charge in [0.05, 0.1) is 23.6 Å². The van der Waals surface area contributed by atoms with Crippen LogP contribution in [0.2, 0.25) is 5.02 Å². The van der Waals surface area contributed by atoms with E-state index in [1.165, 1.54) is 7.11 Å². The average Bonchev–Trinajstić information content (AvgIpc) is 2.48. The van der Waals surface area contributed by atoms with E-state index in [9.17, 15) is 9.59 Å². The van der Waals surface area contributed by atoms with E-state index in [4.69, 9.17) is 16.3 Å². The first-order valence-corrected chi connectivity index (χ1v) is 7.52. The zero-order chi connectivity index (χ0) is 14.7. The molecule has 6 heteroatoms. The number of benzene rings is 1. The Morgan fingerprint density at radius 1 is 1.45 bits per heavy atom. The molecule has 1 aromatic carbocycles. The van der Waals surface area contributed by atoms with Crippen molar-refractivity contribution in [1.29, 1.82) is 0 Å². The van der Waals surface area contributed by atoms with Crippen molar-refractivity contribution < 1.29 is 14.3 Å². The Morgan fingerprint density at radius 2 is 2.20 bits per heavy atom. The quantitative estimate of drug-likeness (QED) is 0.761. The normalized spacial score (nSPS) is 18.8. The Bertz CT molecular complexity index is 535. The molecule has 0 aromatic heterocycles. The Morgan fingerprint density at radius 3 is 2.90 bits per heavy atom. The maximum atomic E-state index is 12.5. The molecule has 0 spiro atoms.